The highest BCUT2D eigenvalue weighted by atomic mass is 32.1. The molecule has 0 aromatic heterocycles. The van der Waals surface area contributed by atoms with Crippen LogP contribution in [0.4, 0.5) is 0 Å². The number of rotatable bonds is 12. The molecule has 0 saturated heterocycles. The predicted molar refractivity (Wildman–Crippen MR) is 123 cm³/mol. The molecule has 0 aliphatic carbocycles. The quantitative estimate of drug-likeness (QED) is 0.131. The van der Waals surface area contributed by atoms with Crippen molar-refractivity contribution >= 4 is 23.2 Å². The van der Waals surface area contributed by atoms with Crippen molar-refractivity contribution in [2.24, 2.45) is 0 Å². The Bertz CT molecular complexity index is 763. The van der Waals surface area contributed by atoms with E-state index in [1.165, 1.54) is 69.1 Å². The fourth-order valence-corrected chi connectivity index (χ4v) is 3.42. The average Bonchev–Trinajstić information content (AvgIpc) is 2.71. The maximum atomic E-state index is 9.55. The van der Waals surface area contributed by atoms with Gasteiger partial charge in [-0.15, -0.1) is 0 Å². The molecule has 28 heavy (non-hydrogen) atoms. The predicted octanol–water partition coefficient (Wildman–Crippen LogP) is 7.21. The van der Waals surface area contributed by atoms with E-state index in [9.17, 15) is 10.2 Å². The van der Waals surface area contributed by atoms with E-state index in [-0.39, 0.29) is 11.5 Å². The number of benzene rings is 2. The Morgan fingerprint density at radius 3 is 2.11 bits per heavy atom. The third-order valence-electron chi connectivity index (χ3n) is 4.98. The van der Waals surface area contributed by atoms with Crippen LogP contribution in [0.3, 0.4) is 0 Å². The Morgan fingerprint density at radius 1 is 0.821 bits per heavy atom. The van der Waals surface area contributed by atoms with Crippen LogP contribution in [0.1, 0.15) is 75.0 Å². The highest BCUT2D eigenvalue weighted by Gasteiger charge is 2.01. The highest BCUT2D eigenvalue weighted by molar-refractivity contribution is 7.81. The van der Waals surface area contributed by atoms with Gasteiger partial charge in [0.05, 0.1) is 0 Å². The van der Waals surface area contributed by atoms with Crippen LogP contribution in [-0.4, -0.2) is 15.1 Å². The lowest BCUT2D eigenvalue weighted by molar-refractivity contribution is 0.403. The van der Waals surface area contributed by atoms with Gasteiger partial charge in [-0.1, -0.05) is 100 Å². The summed E-state index contributed by atoms with van der Waals surface area (Å²) in [5, 5.41) is 18.9. The van der Waals surface area contributed by atoms with E-state index in [1.807, 2.05) is 12.2 Å². The lowest BCUT2D eigenvalue weighted by Crippen LogP contribution is -1.94. The average molecular weight is 397 g/mol. The minimum absolute atomic E-state index is 0.119. The first-order valence-corrected chi connectivity index (χ1v) is 10.8. The molecule has 2 rings (SSSR count). The summed E-state index contributed by atoms with van der Waals surface area (Å²) in [6.07, 6.45) is 15.6. The monoisotopic (exact) mass is 396 g/mol. The van der Waals surface area contributed by atoms with Crippen molar-refractivity contribution in [3.8, 4) is 11.5 Å². The molecule has 2 N–H and O–H groups in total. The molecule has 0 saturated carbocycles. The number of allylic oxidation sites excluding steroid dienone is 1. The molecule has 0 spiro atoms. The third-order valence-corrected chi connectivity index (χ3v) is 5.36. The van der Waals surface area contributed by atoms with Gasteiger partial charge < -0.3 is 10.2 Å². The summed E-state index contributed by atoms with van der Waals surface area (Å²) >= 11 is 5.49. The van der Waals surface area contributed by atoms with Gasteiger partial charge in [-0.05, 0) is 47.7 Å². The molecule has 0 bridgehead atoms. The molecule has 0 radical (unpaired) electrons. The normalized spacial score (nSPS) is 11.2. The van der Waals surface area contributed by atoms with Gasteiger partial charge in [-0.3, -0.25) is 0 Å². The maximum absolute atomic E-state index is 9.55. The first-order chi connectivity index (χ1) is 13.6. The molecular weight excluding hydrogens is 364 g/mol. The number of phenols is 2. The van der Waals surface area contributed by atoms with E-state index in [0.717, 1.165) is 22.4 Å². The van der Waals surface area contributed by atoms with Gasteiger partial charge >= 0.3 is 0 Å². The molecule has 2 nitrogen and oxygen atoms in total. The van der Waals surface area contributed by atoms with E-state index in [2.05, 4.69) is 31.2 Å². The molecule has 0 aliphatic heterocycles. The second-order valence-corrected chi connectivity index (χ2v) is 7.81. The lowest BCUT2D eigenvalue weighted by atomic mass is 10.0. The van der Waals surface area contributed by atoms with Crippen molar-refractivity contribution in [1.82, 2.24) is 0 Å². The van der Waals surface area contributed by atoms with Crippen LogP contribution >= 0.6 is 12.2 Å². The molecule has 2 aromatic rings. The number of thiocarbonyl (C=S) groups is 1. The van der Waals surface area contributed by atoms with Crippen LogP contribution in [0.15, 0.2) is 48.5 Å². The first kappa shape index (κ1) is 22.2. The molecule has 0 heterocycles. The molecule has 0 aliphatic rings. The Kier molecular flexibility index (Phi) is 9.78. The molecule has 2 aromatic carbocycles. The number of aryl methyl sites for hydroxylation is 1. The number of aromatic hydroxyl groups is 2. The first-order valence-electron chi connectivity index (χ1n) is 10.4. The Balaban J connectivity index is 1.74. The Hall–Kier alpha value is -2.13. The molecule has 3 heteroatoms. The minimum atomic E-state index is -0.126. The Morgan fingerprint density at radius 2 is 1.46 bits per heavy atom. The van der Waals surface area contributed by atoms with E-state index < -0.39 is 0 Å². The molecule has 150 valence electrons. The van der Waals surface area contributed by atoms with E-state index >= 15 is 0 Å². The minimum Gasteiger partial charge on any atom is -0.504 e. The van der Waals surface area contributed by atoms with Gasteiger partial charge in [0, 0.05) is 4.86 Å². The second-order valence-electron chi connectivity index (χ2n) is 7.37. The van der Waals surface area contributed by atoms with Crippen molar-refractivity contribution in [3.05, 3.63) is 65.2 Å². The number of unbranched alkanes of at least 4 members (excludes halogenated alkanes) is 7. The third kappa shape index (κ3) is 7.85. The van der Waals surface area contributed by atoms with Crippen LogP contribution < -0.4 is 0 Å². The SMILES string of the molecule is CCCCCCCCCCc1ccc(C(=S)C=Cc2ccc(O)c(O)c2)cc1. The molecule has 0 atom stereocenters. The topological polar surface area (TPSA) is 40.5 Å². The van der Waals surface area contributed by atoms with Gasteiger partial charge in [0.25, 0.3) is 0 Å². The van der Waals surface area contributed by atoms with Gasteiger partial charge in [0.1, 0.15) is 0 Å². The number of phenolic OH excluding ortho intramolecular Hbond substituents is 2. The summed E-state index contributed by atoms with van der Waals surface area (Å²) in [4.78, 5) is 0.756. The zero-order valence-electron chi connectivity index (χ0n) is 16.9. The summed E-state index contributed by atoms with van der Waals surface area (Å²) < 4.78 is 0. The van der Waals surface area contributed by atoms with Gasteiger partial charge in [0.2, 0.25) is 0 Å². The zero-order chi connectivity index (χ0) is 20.2. The summed E-state index contributed by atoms with van der Waals surface area (Å²) in [7, 11) is 0. The lowest BCUT2D eigenvalue weighted by Gasteiger charge is -2.05. The largest absolute Gasteiger partial charge is 0.504 e. The van der Waals surface area contributed by atoms with Crippen molar-refractivity contribution in [3.63, 3.8) is 0 Å². The summed E-state index contributed by atoms with van der Waals surface area (Å²) in [6.45, 7) is 2.26. The zero-order valence-corrected chi connectivity index (χ0v) is 17.7. The maximum Gasteiger partial charge on any atom is 0.157 e. The fraction of sp³-hybridized carbons (Fsp3) is 0.400. The van der Waals surface area contributed by atoms with Crippen LogP contribution in [0.25, 0.3) is 6.08 Å². The van der Waals surface area contributed by atoms with Crippen LogP contribution in [0, 0.1) is 0 Å². The summed E-state index contributed by atoms with van der Waals surface area (Å²) in [5.41, 5.74) is 3.18. The van der Waals surface area contributed by atoms with Gasteiger partial charge in [0.15, 0.2) is 11.5 Å². The summed E-state index contributed by atoms with van der Waals surface area (Å²) in [5.74, 6) is -0.245. The second kappa shape index (κ2) is 12.4. The van der Waals surface area contributed by atoms with Crippen molar-refractivity contribution in [2.45, 2.75) is 64.7 Å². The van der Waals surface area contributed by atoms with E-state index in [1.54, 1.807) is 6.07 Å². The smallest absolute Gasteiger partial charge is 0.157 e. The molecule has 0 unspecified atom stereocenters. The summed E-state index contributed by atoms with van der Waals surface area (Å²) in [6, 6.07) is 13.2. The van der Waals surface area contributed by atoms with E-state index in [4.69, 9.17) is 12.2 Å². The van der Waals surface area contributed by atoms with Crippen molar-refractivity contribution in [2.75, 3.05) is 0 Å². The van der Waals surface area contributed by atoms with Crippen LogP contribution in [0.5, 0.6) is 11.5 Å². The van der Waals surface area contributed by atoms with Crippen molar-refractivity contribution < 1.29 is 10.2 Å². The highest BCUT2D eigenvalue weighted by Crippen LogP contribution is 2.25. The molecular formula is C25H32O2S. The fourth-order valence-electron chi connectivity index (χ4n) is 3.21. The van der Waals surface area contributed by atoms with Crippen LogP contribution in [0.2, 0.25) is 0 Å². The van der Waals surface area contributed by atoms with Gasteiger partial charge in [-0.2, -0.15) is 0 Å². The molecule has 0 amide bonds. The van der Waals surface area contributed by atoms with Crippen molar-refractivity contribution in [1.29, 1.82) is 0 Å². The van der Waals surface area contributed by atoms with Crippen LogP contribution in [-0.2, 0) is 6.42 Å². The Labute approximate surface area is 174 Å². The molecule has 0 fully saturated rings. The van der Waals surface area contributed by atoms with E-state index in [0.29, 0.717) is 0 Å². The van der Waals surface area contributed by atoms with Gasteiger partial charge in [-0.25, -0.2) is 0 Å². The standard InChI is InChI=1S/C25H32O2S/c1-2-3-4-5-6-7-8-9-10-20-11-15-22(16-12-20)25(28)18-14-21-13-17-23(26)24(27)19-21/h11-19,26-27H,2-10H2,1H3. The number of hydrogen-bond donors (Lipinski definition) is 2. The number of hydrogen-bond acceptors (Lipinski definition) is 3.